The molecule has 0 bridgehead atoms. The van der Waals surface area contributed by atoms with Crippen molar-refractivity contribution >= 4 is 11.8 Å². The van der Waals surface area contributed by atoms with Crippen LogP contribution in [0.2, 0.25) is 0 Å². The van der Waals surface area contributed by atoms with E-state index in [1.54, 1.807) is 31.4 Å². The number of rotatable bonds is 18. The highest BCUT2D eigenvalue weighted by atomic mass is 16.5. The van der Waals surface area contributed by atoms with Crippen LogP contribution in [-0.4, -0.2) is 49.3 Å². The van der Waals surface area contributed by atoms with Crippen LogP contribution in [0, 0.1) is 0 Å². The van der Waals surface area contributed by atoms with E-state index in [-0.39, 0.29) is 32.0 Å². The summed E-state index contributed by atoms with van der Waals surface area (Å²) in [6.07, 6.45) is 0.265. The van der Waals surface area contributed by atoms with Gasteiger partial charge in [0.1, 0.15) is 11.5 Å². The van der Waals surface area contributed by atoms with Crippen molar-refractivity contribution in [2.24, 2.45) is 15.2 Å². The zero-order valence-corrected chi connectivity index (χ0v) is 28.2. The Morgan fingerprint density at radius 2 is 1.55 bits per heavy atom. The second-order valence-corrected chi connectivity index (χ2v) is 11.7. The van der Waals surface area contributed by atoms with E-state index >= 15 is 0 Å². The van der Waals surface area contributed by atoms with E-state index in [4.69, 9.17) is 35.4 Å². The molecule has 1 heterocycles. The average Bonchev–Trinajstić information content (AvgIpc) is 3.56. The van der Waals surface area contributed by atoms with E-state index in [0.717, 1.165) is 22.4 Å². The van der Waals surface area contributed by atoms with Gasteiger partial charge in [-0.05, 0) is 81.7 Å². The van der Waals surface area contributed by atoms with Gasteiger partial charge in [0.2, 0.25) is 5.90 Å². The van der Waals surface area contributed by atoms with Gasteiger partial charge in [-0.2, -0.15) is 0 Å². The topological polar surface area (TPSA) is 199 Å². The van der Waals surface area contributed by atoms with Crippen LogP contribution in [-0.2, 0) is 35.5 Å². The van der Waals surface area contributed by atoms with Crippen LogP contribution >= 0.6 is 0 Å². The van der Waals surface area contributed by atoms with Gasteiger partial charge in [0.05, 0.1) is 26.8 Å². The molecule has 0 fully saturated rings. The second-order valence-electron chi connectivity index (χ2n) is 11.7. The molecular formula is C37H39N9O5. The fraction of sp³-hybridized carbons (Fsp3) is 0.297. The van der Waals surface area contributed by atoms with E-state index < -0.39 is 17.6 Å². The molecule has 14 nitrogen and oxygen atoms in total. The Hall–Kier alpha value is -6.04. The largest absolute Gasteiger partial charge is 0.497 e. The molecule has 0 spiro atoms. The predicted molar refractivity (Wildman–Crippen MR) is 192 cm³/mol. The first-order valence-electron chi connectivity index (χ1n) is 16.4. The number of nitrogens with zero attached hydrogens (tertiary/aromatic N) is 7. The van der Waals surface area contributed by atoms with E-state index in [9.17, 15) is 4.79 Å². The Balaban J connectivity index is 1.55. The minimum Gasteiger partial charge on any atom is -0.497 e. The van der Waals surface area contributed by atoms with Gasteiger partial charge in [0, 0.05) is 41.4 Å². The number of carbonyl (C=O) groups is 1. The van der Waals surface area contributed by atoms with Crippen LogP contribution < -0.4 is 20.3 Å². The maximum Gasteiger partial charge on any atom is 0.266 e. The highest BCUT2D eigenvalue weighted by molar-refractivity contribution is 6.01. The molecule has 2 atom stereocenters. The van der Waals surface area contributed by atoms with E-state index in [1.165, 1.54) is 0 Å². The summed E-state index contributed by atoms with van der Waals surface area (Å²) in [4.78, 5) is 25.7. The minimum absolute atomic E-state index is 0.0255. The van der Waals surface area contributed by atoms with Crippen molar-refractivity contribution in [3.63, 3.8) is 0 Å². The smallest absolute Gasteiger partial charge is 0.266 e. The molecule has 0 saturated heterocycles. The van der Waals surface area contributed by atoms with Gasteiger partial charge < -0.3 is 19.3 Å². The van der Waals surface area contributed by atoms with Crippen molar-refractivity contribution in [3.05, 3.63) is 151 Å². The number of nitrogens with one attached hydrogen (secondary N) is 2. The van der Waals surface area contributed by atoms with Crippen molar-refractivity contribution in [3.8, 4) is 11.5 Å². The quantitative estimate of drug-likeness (QED) is 0.0353. The number of hydrogen-bond donors (Lipinski definition) is 3. The molecule has 0 aliphatic carbocycles. The first-order chi connectivity index (χ1) is 25.0. The normalized spacial score (nSPS) is 16.2. The zero-order chi connectivity index (χ0) is 35.9. The lowest BCUT2D eigenvalue weighted by Crippen LogP contribution is -2.54. The summed E-state index contributed by atoms with van der Waals surface area (Å²) in [5.41, 5.74) is 27.1. The average molecular weight is 690 g/mol. The summed E-state index contributed by atoms with van der Waals surface area (Å²) < 4.78 is 17.7. The number of aliphatic hydroxyl groups excluding tert-OH is 1. The monoisotopic (exact) mass is 689 g/mol. The number of hydrazine groups is 1. The summed E-state index contributed by atoms with van der Waals surface area (Å²) in [6.45, 7) is 0.929. The summed E-state index contributed by atoms with van der Waals surface area (Å²) in [5, 5.41) is 16.7. The Bertz CT molecular complexity index is 1910. The van der Waals surface area contributed by atoms with Crippen LogP contribution in [0.4, 0.5) is 0 Å². The molecule has 0 aromatic heterocycles. The molecule has 1 aliphatic heterocycles. The lowest BCUT2D eigenvalue weighted by Gasteiger charge is -2.32. The van der Waals surface area contributed by atoms with Crippen LogP contribution in [0.1, 0.15) is 45.9 Å². The number of hydrogen-bond acceptors (Lipinski definition) is 9. The second kappa shape index (κ2) is 18.1. The Labute approximate surface area is 295 Å². The third-order valence-corrected chi connectivity index (χ3v) is 8.45. The van der Waals surface area contributed by atoms with Crippen molar-refractivity contribution in [2.45, 2.75) is 44.0 Å². The van der Waals surface area contributed by atoms with E-state index in [0.29, 0.717) is 48.4 Å². The van der Waals surface area contributed by atoms with Crippen LogP contribution in [0.25, 0.3) is 20.9 Å². The molecule has 0 saturated carbocycles. The third kappa shape index (κ3) is 9.15. The maximum atomic E-state index is 14.7. The molecule has 4 aromatic rings. The van der Waals surface area contributed by atoms with Gasteiger partial charge in [-0.3, -0.25) is 10.2 Å². The number of methoxy groups -OCH3 is 1. The number of amides is 1. The molecule has 262 valence electrons. The van der Waals surface area contributed by atoms with Crippen molar-refractivity contribution in [1.82, 2.24) is 10.9 Å². The first-order valence-corrected chi connectivity index (χ1v) is 16.4. The molecule has 1 aliphatic rings. The van der Waals surface area contributed by atoms with Crippen LogP contribution in [0.5, 0.6) is 11.5 Å². The Morgan fingerprint density at radius 3 is 2.24 bits per heavy atom. The van der Waals surface area contributed by atoms with Gasteiger partial charge in [-0.15, -0.1) is 0 Å². The van der Waals surface area contributed by atoms with Gasteiger partial charge in [-0.25, -0.2) is 10.4 Å². The van der Waals surface area contributed by atoms with E-state index in [1.807, 2.05) is 72.8 Å². The van der Waals surface area contributed by atoms with Crippen LogP contribution in [0.3, 0.4) is 0 Å². The van der Waals surface area contributed by atoms with Crippen molar-refractivity contribution in [2.75, 3.05) is 26.9 Å². The first kappa shape index (κ1) is 36.2. The molecule has 5 rings (SSSR count). The molecular weight excluding hydrogens is 650 g/mol. The number of aliphatic hydroxyl groups is 1. The number of aliphatic imine (C=N–C) groups is 1. The fourth-order valence-electron chi connectivity index (χ4n) is 5.83. The summed E-state index contributed by atoms with van der Waals surface area (Å²) in [7, 11) is 1.62. The minimum atomic E-state index is -1.57. The molecule has 0 radical (unpaired) electrons. The Kier molecular flexibility index (Phi) is 12.9. The summed E-state index contributed by atoms with van der Waals surface area (Å²) in [6, 6.07) is 29.6. The molecule has 14 heteroatoms. The Morgan fingerprint density at radius 1 is 0.902 bits per heavy atom. The number of ether oxygens (including phenoxy) is 3. The fourth-order valence-corrected chi connectivity index (χ4v) is 5.83. The number of carbonyl (C=O) groups excluding carboxylic acids is 1. The summed E-state index contributed by atoms with van der Waals surface area (Å²) in [5.74, 6) is 1.16. The maximum absolute atomic E-state index is 14.7. The highest BCUT2D eigenvalue weighted by Crippen LogP contribution is 2.44. The molecule has 4 aromatic carbocycles. The van der Waals surface area contributed by atoms with Crippen molar-refractivity contribution in [1.29, 1.82) is 0 Å². The van der Waals surface area contributed by atoms with E-state index in [2.05, 4.69) is 30.9 Å². The third-order valence-electron chi connectivity index (χ3n) is 8.45. The lowest BCUT2D eigenvalue weighted by atomic mass is 9.80. The van der Waals surface area contributed by atoms with Gasteiger partial charge >= 0.3 is 0 Å². The molecule has 51 heavy (non-hydrogen) atoms. The SMILES string of the molecule is COc1ccc(CCNNC(=O)[C@@]2(Cc3ccccc3CN=[N+]=[N-])N=C(c3ccc(OCCCO)cc3)O[C@H]2c2ccccc2CN=[N+]=[N-])cc1. The number of benzene rings is 4. The molecule has 0 unspecified atom stereocenters. The molecule has 1 amide bonds. The van der Waals surface area contributed by atoms with Crippen molar-refractivity contribution < 1.29 is 24.1 Å². The van der Waals surface area contributed by atoms with Crippen LogP contribution in [0.15, 0.2) is 112 Å². The summed E-state index contributed by atoms with van der Waals surface area (Å²) >= 11 is 0. The van der Waals surface area contributed by atoms with Gasteiger partial charge in [0.15, 0.2) is 11.6 Å². The van der Waals surface area contributed by atoms with Gasteiger partial charge in [-0.1, -0.05) is 70.9 Å². The molecule has 3 N–H and O–H groups in total. The highest BCUT2D eigenvalue weighted by Gasteiger charge is 2.54. The standard InChI is InChI=1S/C37H39N9O5/c1-49-31-15-11-26(12-16-31)19-20-40-44-36(48)37(23-28-7-2-3-8-29(28)24-41-45-38)34(33-10-5-4-9-30(33)25-42-46-39)51-35(43-37)27-13-17-32(18-14-27)50-22-6-21-47/h2-5,7-18,34,40,47H,6,19-25H2,1H3,(H,44,48)/t34-,37-/m0/s1. The lowest BCUT2D eigenvalue weighted by molar-refractivity contribution is -0.130. The number of azide groups is 2. The van der Waals surface area contributed by atoms with Gasteiger partial charge in [0.25, 0.3) is 5.91 Å². The predicted octanol–water partition coefficient (Wildman–Crippen LogP) is 6.44. The zero-order valence-electron chi connectivity index (χ0n) is 28.2.